The van der Waals surface area contributed by atoms with Crippen molar-refractivity contribution >= 4 is 0 Å². The number of ether oxygens (including phenoxy) is 1. The Bertz CT molecular complexity index is 396. The third-order valence-corrected chi connectivity index (χ3v) is 4.20. The molecule has 0 saturated carbocycles. The summed E-state index contributed by atoms with van der Waals surface area (Å²) in [5, 5.41) is 8.45. The first kappa shape index (κ1) is 15.5. The van der Waals surface area contributed by atoms with Gasteiger partial charge in [-0.1, -0.05) is 20.8 Å². The molecule has 1 aliphatic heterocycles. The van der Waals surface area contributed by atoms with E-state index in [1.54, 1.807) is 0 Å². The maximum atomic E-state index is 5.57. The summed E-state index contributed by atoms with van der Waals surface area (Å²) >= 11 is 0. The second kappa shape index (κ2) is 7.79. The summed E-state index contributed by atoms with van der Waals surface area (Å²) in [7, 11) is 0. The van der Waals surface area contributed by atoms with Crippen LogP contribution in [0.1, 0.15) is 45.0 Å². The number of aromatic nitrogens is 2. The number of nitrogens with one attached hydrogen (secondary N) is 1. The van der Waals surface area contributed by atoms with Crippen LogP contribution in [0.25, 0.3) is 0 Å². The standard InChI is InChI=1S/C16H29N3O/c1-4-8-17-16(13-7-9-20-12-13)11-19-15(6-3)10-14(5-2)18-19/h10,13,16-17H,4-9,11-12H2,1-3H3. The van der Waals surface area contributed by atoms with E-state index in [1.165, 1.54) is 24.2 Å². The van der Waals surface area contributed by atoms with Crippen LogP contribution in [0.4, 0.5) is 0 Å². The molecule has 0 amide bonds. The molecule has 1 fully saturated rings. The molecule has 20 heavy (non-hydrogen) atoms. The summed E-state index contributed by atoms with van der Waals surface area (Å²) < 4.78 is 7.78. The second-order valence-electron chi connectivity index (χ2n) is 5.70. The van der Waals surface area contributed by atoms with Crippen LogP contribution in [0, 0.1) is 5.92 Å². The Balaban J connectivity index is 2.07. The van der Waals surface area contributed by atoms with E-state index in [0.29, 0.717) is 12.0 Å². The Labute approximate surface area is 122 Å². The highest BCUT2D eigenvalue weighted by molar-refractivity contribution is 5.10. The van der Waals surface area contributed by atoms with Crippen LogP contribution in [0.3, 0.4) is 0 Å². The van der Waals surface area contributed by atoms with Crippen molar-refractivity contribution in [1.82, 2.24) is 15.1 Å². The van der Waals surface area contributed by atoms with Crippen molar-refractivity contribution in [3.8, 4) is 0 Å². The lowest BCUT2D eigenvalue weighted by Crippen LogP contribution is -2.41. The third kappa shape index (κ3) is 3.83. The molecule has 1 aliphatic rings. The lowest BCUT2D eigenvalue weighted by molar-refractivity contribution is 0.172. The fourth-order valence-corrected chi connectivity index (χ4v) is 2.90. The van der Waals surface area contributed by atoms with Gasteiger partial charge in [-0.3, -0.25) is 4.68 Å². The minimum absolute atomic E-state index is 0.479. The third-order valence-electron chi connectivity index (χ3n) is 4.20. The topological polar surface area (TPSA) is 39.1 Å². The molecule has 1 N–H and O–H groups in total. The van der Waals surface area contributed by atoms with Crippen LogP contribution >= 0.6 is 0 Å². The van der Waals surface area contributed by atoms with Crippen molar-refractivity contribution in [2.24, 2.45) is 5.92 Å². The molecular weight excluding hydrogens is 250 g/mol. The lowest BCUT2D eigenvalue weighted by atomic mass is 9.98. The van der Waals surface area contributed by atoms with Crippen molar-refractivity contribution in [2.75, 3.05) is 19.8 Å². The Morgan fingerprint density at radius 2 is 2.25 bits per heavy atom. The van der Waals surface area contributed by atoms with Crippen molar-refractivity contribution in [1.29, 1.82) is 0 Å². The molecule has 2 rings (SSSR count). The predicted molar refractivity (Wildman–Crippen MR) is 82.0 cm³/mol. The molecule has 4 nitrogen and oxygen atoms in total. The lowest BCUT2D eigenvalue weighted by Gasteiger charge is -2.24. The largest absolute Gasteiger partial charge is 0.381 e. The first-order chi connectivity index (χ1) is 9.78. The molecule has 1 aromatic rings. The number of hydrogen-bond acceptors (Lipinski definition) is 3. The smallest absolute Gasteiger partial charge is 0.0624 e. The Morgan fingerprint density at radius 1 is 1.40 bits per heavy atom. The average molecular weight is 279 g/mol. The zero-order valence-electron chi connectivity index (χ0n) is 13.2. The highest BCUT2D eigenvalue weighted by Gasteiger charge is 2.26. The highest BCUT2D eigenvalue weighted by Crippen LogP contribution is 2.19. The first-order valence-electron chi connectivity index (χ1n) is 8.15. The van der Waals surface area contributed by atoms with E-state index in [0.717, 1.165) is 39.1 Å². The first-order valence-corrected chi connectivity index (χ1v) is 8.15. The van der Waals surface area contributed by atoms with Gasteiger partial charge in [-0.25, -0.2) is 0 Å². The molecule has 1 aromatic heterocycles. The molecule has 0 radical (unpaired) electrons. The van der Waals surface area contributed by atoms with Crippen LogP contribution in [-0.2, 0) is 24.1 Å². The number of hydrogen-bond donors (Lipinski definition) is 1. The minimum atomic E-state index is 0.479. The van der Waals surface area contributed by atoms with Gasteiger partial charge in [-0.2, -0.15) is 5.10 Å². The van der Waals surface area contributed by atoms with Crippen LogP contribution < -0.4 is 5.32 Å². The SMILES string of the molecule is CCCNC(Cn1nc(CC)cc1CC)C1CCOC1. The van der Waals surface area contributed by atoms with E-state index in [4.69, 9.17) is 9.84 Å². The Kier molecular flexibility index (Phi) is 6.05. The van der Waals surface area contributed by atoms with Gasteiger partial charge >= 0.3 is 0 Å². The summed E-state index contributed by atoms with van der Waals surface area (Å²) in [4.78, 5) is 0. The summed E-state index contributed by atoms with van der Waals surface area (Å²) in [5.74, 6) is 0.625. The highest BCUT2D eigenvalue weighted by atomic mass is 16.5. The van der Waals surface area contributed by atoms with Gasteiger partial charge in [0.25, 0.3) is 0 Å². The Morgan fingerprint density at radius 3 is 2.85 bits per heavy atom. The number of rotatable bonds is 8. The average Bonchev–Trinajstić information content (AvgIpc) is 3.12. The maximum absolute atomic E-state index is 5.57. The number of aryl methyl sites for hydroxylation is 2. The number of nitrogens with zero attached hydrogens (tertiary/aromatic N) is 2. The van der Waals surface area contributed by atoms with Gasteiger partial charge in [0.15, 0.2) is 0 Å². The zero-order chi connectivity index (χ0) is 14.4. The van der Waals surface area contributed by atoms with Gasteiger partial charge in [0.2, 0.25) is 0 Å². The minimum Gasteiger partial charge on any atom is -0.381 e. The van der Waals surface area contributed by atoms with Gasteiger partial charge in [-0.05, 0) is 38.3 Å². The second-order valence-corrected chi connectivity index (χ2v) is 5.70. The molecule has 0 spiro atoms. The summed E-state index contributed by atoms with van der Waals surface area (Å²) in [6.07, 6.45) is 4.41. The summed E-state index contributed by atoms with van der Waals surface area (Å²) in [5.41, 5.74) is 2.56. The van der Waals surface area contributed by atoms with Crippen molar-refractivity contribution < 1.29 is 4.74 Å². The van der Waals surface area contributed by atoms with Gasteiger partial charge in [0, 0.05) is 24.3 Å². The normalized spacial score (nSPS) is 20.4. The molecular formula is C16H29N3O. The molecule has 1 saturated heterocycles. The van der Waals surface area contributed by atoms with E-state index in [2.05, 4.69) is 36.8 Å². The van der Waals surface area contributed by atoms with Crippen LogP contribution in [-0.4, -0.2) is 35.6 Å². The molecule has 0 aliphatic carbocycles. The summed E-state index contributed by atoms with van der Waals surface area (Å²) in [6, 6.07) is 2.73. The van der Waals surface area contributed by atoms with E-state index < -0.39 is 0 Å². The molecule has 0 aromatic carbocycles. The van der Waals surface area contributed by atoms with Gasteiger partial charge < -0.3 is 10.1 Å². The molecule has 2 atom stereocenters. The molecule has 4 heteroatoms. The van der Waals surface area contributed by atoms with Gasteiger partial charge in [0.1, 0.15) is 0 Å². The fourth-order valence-electron chi connectivity index (χ4n) is 2.90. The van der Waals surface area contributed by atoms with Crippen molar-refractivity contribution in [3.05, 3.63) is 17.5 Å². The molecule has 2 unspecified atom stereocenters. The molecule has 0 bridgehead atoms. The van der Waals surface area contributed by atoms with Gasteiger partial charge in [-0.15, -0.1) is 0 Å². The monoisotopic (exact) mass is 279 g/mol. The quantitative estimate of drug-likeness (QED) is 0.794. The zero-order valence-corrected chi connectivity index (χ0v) is 13.2. The van der Waals surface area contributed by atoms with E-state index in [1.807, 2.05) is 0 Å². The van der Waals surface area contributed by atoms with Crippen LogP contribution in [0.5, 0.6) is 0 Å². The van der Waals surface area contributed by atoms with E-state index in [9.17, 15) is 0 Å². The Hall–Kier alpha value is -0.870. The summed E-state index contributed by atoms with van der Waals surface area (Å²) in [6.45, 7) is 10.4. The van der Waals surface area contributed by atoms with E-state index >= 15 is 0 Å². The maximum Gasteiger partial charge on any atom is 0.0624 e. The van der Waals surface area contributed by atoms with Gasteiger partial charge in [0.05, 0.1) is 18.8 Å². The molecule has 114 valence electrons. The van der Waals surface area contributed by atoms with Crippen LogP contribution in [0.2, 0.25) is 0 Å². The van der Waals surface area contributed by atoms with Crippen LogP contribution in [0.15, 0.2) is 6.07 Å². The van der Waals surface area contributed by atoms with E-state index in [-0.39, 0.29) is 0 Å². The van der Waals surface area contributed by atoms with Crippen molar-refractivity contribution in [3.63, 3.8) is 0 Å². The predicted octanol–water partition coefficient (Wildman–Crippen LogP) is 2.41. The van der Waals surface area contributed by atoms with Crippen molar-refractivity contribution in [2.45, 2.75) is 59.0 Å². The molecule has 2 heterocycles. The fraction of sp³-hybridized carbons (Fsp3) is 0.812.